The van der Waals surface area contributed by atoms with Crippen molar-refractivity contribution in [3.63, 3.8) is 0 Å². The lowest BCUT2D eigenvalue weighted by Gasteiger charge is -2.11. The van der Waals surface area contributed by atoms with Crippen LogP contribution in [0.3, 0.4) is 0 Å². The summed E-state index contributed by atoms with van der Waals surface area (Å²) in [4.78, 5) is 4.23. The van der Waals surface area contributed by atoms with Crippen molar-refractivity contribution in [1.82, 2.24) is 10.6 Å². The molecule has 5 nitrogen and oxygen atoms in total. The van der Waals surface area contributed by atoms with Crippen molar-refractivity contribution < 1.29 is 9.47 Å². The number of benzene rings is 1. The van der Waals surface area contributed by atoms with E-state index in [9.17, 15) is 0 Å². The summed E-state index contributed by atoms with van der Waals surface area (Å²) >= 11 is 5.14. The largest absolute Gasteiger partial charge is 0.454 e. The summed E-state index contributed by atoms with van der Waals surface area (Å²) in [5.74, 6) is 2.36. The van der Waals surface area contributed by atoms with E-state index in [-0.39, 0.29) is 0 Å². The van der Waals surface area contributed by atoms with Gasteiger partial charge < -0.3 is 20.1 Å². The molecule has 1 aliphatic heterocycles. The van der Waals surface area contributed by atoms with Crippen molar-refractivity contribution in [2.45, 2.75) is 13.1 Å². The summed E-state index contributed by atoms with van der Waals surface area (Å²) in [6.45, 7) is 1.71. The maximum atomic E-state index is 5.38. The molecule has 0 fully saturated rings. The van der Waals surface area contributed by atoms with Crippen LogP contribution in [0.1, 0.15) is 11.1 Å². The standard InChI is InChI=1S/C15H16BrN3O2S/c1-17-15(19-7-11-5-14(16)22-8-11)18-6-10-2-3-12-13(4-10)21-9-20-12/h2-5,8H,6-7,9H2,1H3,(H2,17,18,19). The number of halogens is 1. The van der Waals surface area contributed by atoms with Gasteiger partial charge in [-0.3, -0.25) is 4.99 Å². The maximum absolute atomic E-state index is 5.38. The molecule has 2 heterocycles. The van der Waals surface area contributed by atoms with Gasteiger partial charge in [-0.1, -0.05) is 6.07 Å². The van der Waals surface area contributed by atoms with E-state index < -0.39 is 0 Å². The van der Waals surface area contributed by atoms with Crippen LogP contribution < -0.4 is 20.1 Å². The number of ether oxygens (including phenoxy) is 2. The highest BCUT2D eigenvalue weighted by atomic mass is 79.9. The van der Waals surface area contributed by atoms with Crippen molar-refractivity contribution in [2.75, 3.05) is 13.8 Å². The van der Waals surface area contributed by atoms with Gasteiger partial charge >= 0.3 is 0 Å². The van der Waals surface area contributed by atoms with Crippen molar-refractivity contribution >= 4 is 33.2 Å². The van der Waals surface area contributed by atoms with Crippen LogP contribution in [0.2, 0.25) is 0 Å². The maximum Gasteiger partial charge on any atom is 0.231 e. The lowest BCUT2D eigenvalue weighted by molar-refractivity contribution is 0.174. The number of rotatable bonds is 4. The lowest BCUT2D eigenvalue weighted by Crippen LogP contribution is -2.36. The molecule has 0 spiro atoms. The van der Waals surface area contributed by atoms with Gasteiger partial charge in [0.2, 0.25) is 6.79 Å². The molecule has 0 amide bonds. The molecule has 1 aliphatic rings. The minimum absolute atomic E-state index is 0.297. The lowest BCUT2D eigenvalue weighted by atomic mass is 10.2. The van der Waals surface area contributed by atoms with Crippen LogP contribution in [-0.4, -0.2) is 19.8 Å². The van der Waals surface area contributed by atoms with Gasteiger partial charge in [-0.25, -0.2) is 0 Å². The smallest absolute Gasteiger partial charge is 0.231 e. The molecule has 0 saturated carbocycles. The molecule has 0 saturated heterocycles. The number of fused-ring (bicyclic) bond motifs is 1. The molecule has 116 valence electrons. The Balaban J connectivity index is 1.52. The quantitative estimate of drug-likeness (QED) is 0.630. The molecule has 3 rings (SSSR count). The van der Waals surface area contributed by atoms with Gasteiger partial charge in [0.15, 0.2) is 17.5 Å². The number of nitrogens with one attached hydrogen (secondary N) is 2. The predicted molar refractivity (Wildman–Crippen MR) is 91.6 cm³/mol. The third kappa shape index (κ3) is 3.72. The summed E-state index contributed by atoms with van der Waals surface area (Å²) < 4.78 is 11.8. The van der Waals surface area contributed by atoms with E-state index in [0.29, 0.717) is 13.3 Å². The second-order valence-corrected chi connectivity index (χ2v) is 7.02. The Bertz CT molecular complexity index is 687. The fourth-order valence-electron chi connectivity index (χ4n) is 2.08. The normalized spacial score (nSPS) is 13.3. The highest BCUT2D eigenvalue weighted by Crippen LogP contribution is 2.32. The van der Waals surface area contributed by atoms with Crippen LogP contribution >= 0.6 is 27.3 Å². The first-order chi connectivity index (χ1) is 10.7. The molecule has 22 heavy (non-hydrogen) atoms. The Labute approximate surface area is 141 Å². The number of guanidine groups is 1. The summed E-state index contributed by atoms with van der Waals surface area (Å²) in [6.07, 6.45) is 0. The van der Waals surface area contributed by atoms with Crippen LogP contribution in [0.25, 0.3) is 0 Å². The molecule has 2 aromatic rings. The number of hydrogen-bond donors (Lipinski definition) is 2. The van der Waals surface area contributed by atoms with Gasteiger partial charge in [-0.15, -0.1) is 11.3 Å². The Morgan fingerprint density at radius 2 is 1.95 bits per heavy atom. The average Bonchev–Trinajstić information content (AvgIpc) is 3.15. The highest BCUT2D eigenvalue weighted by molar-refractivity contribution is 9.11. The van der Waals surface area contributed by atoms with Gasteiger partial charge in [0.05, 0.1) is 3.79 Å². The van der Waals surface area contributed by atoms with Crippen molar-refractivity contribution in [3.8, 4) is 11.5 Å². The molecular formula is C15H16BrN3O2S. The third-order valence-corrected chi connectivity index (χ3v) is 4.76. The van der Waals surface area contributed by atoms with E-state index >= 15 is 0 Å². The van der Waals surface area contributed by atoms with Gasteiger partial charge in [0, 0.05) is 20.1 Å². The second kappa shape index (κ2) is 7.02. The number of thiophene rings is 1. The first kappa shape index (κ1) is 15.2. The van der Waals surface area contributed by atoms with E-state index in [1.54, 1.807) is 18.4 Å². The molecule has 2 N–H and O–H groups in total. The molecule has 1 aromatic heterocycles. The van der Waals surface area contributed by atoms with Crippen LogP contribution in [-0.2, 0) is 13.1 Å². The van der Waals surface area contributed by atoms with Gasteiger partial charge in [-0.05, 0) is 50.6 Å². The minimum Gasteiger partial charge on any atom is -0.454 e. The summed E-state index contributed by atoms with van der Waals surface area (Å²) in [7, 11) is 1.76. The van der Waals surface area contributed by atoms with Crippen LogP contribution in [0.15, 0.2) is 38.4 Å². The minimum atomic E-state index is 0.297. The number of nitrogens with zero attached hydrogens (tertiary/aromatic N) is 1. The van der Waals surface area contributed by atoms with E-state index in [0.717, 1.165) is 33.4 Å². The van der Waals surface area contributed by atoms with Crippen molar-refractivity contribution in [3.05, 3.63) is 44.6 Å². The summed E-state index contributed by atoms with van der Waals surface area (Å²) in [6, 6.07) is 8.03. The van der Waals surface area contributed by atoms with Crippen LogP contribution in [0.5, 0.6) is 11.5 Å². The first-order valence-corrected chi connectivity index (χ1v) is 8.48. The van der Waals surface area contributed by atoms with E-state index in [2.05, 4.69) is 43.0 Å². The molecule has 0 radical (unpaired) electrons. The average molecular weight is 382 g/mol. The molecule has 0 unspecified atom stereocenters. The van der Waals surface area contributed by atoms with Crippen LogP contribution in [0, 0.1) is 0 Å². The number of hydrogen-bond acceptors (Lipinski definition) is 4. The first-order valence-electron chi connectivity index (χ1n) is 6.80. The van der Waals surface area contributed by atoms with Gasteiger partial charge in [0.25, 0.3) is 0 Å². The fourth-order valence-corrected chi connectivity index (χ4v) is 3.29. The summed E-state index contributed by atoms with van der Waals surface area (Å²) in [5, 5.41) is 8.69. The Hall–Kier alpha value is -1.73. The topological polar surface area (TPSA) is 54.9 Å². The highest BCUT2D eigenvalue weighted by Gasteiger charge is 2.13. The zero-order chi connectivity index (χ0) is 15.4. The Morgan fingerprint density at radius 3 is 2.68 bits per heavy atom. The van der Waals surface area contributed by atoms with Gasteiger partial charge in [0.1, 0.15) is 0 Å². The third-order valence-electron chi connectivity index (χ3n) is 3.20. The van der Waals surface area contributed by atoms with E-state index in [4.69, 9.17) is 9.47 Å². The van der Waals surface area contributed by atoms with Crippen molar-refractivity contribution in [1.29, 1.82) is 0 Å². The van der Waals surface area contributed by atoms with Gasteiger partial charge in [-0.2, -0.15) is 0 Å². The molecule has 0 aliphatic carbocycles. The second-order valence-electron chi connectivity index (χ2n) is 4.73. The molecular weight excluding hydrogens is 366 g/mol. The summed E-state index contributed by atoms with van der Waals surface area (Å²) in [5.41, 5.74) is 2.34. The fraction of sp³-hybridized carbons (Fsp3) is 0.267. The Kier molecular flexibility index (Phi) is 4.84. The molecule has 7 heteroatoms. The monoisotopic (exact) mass is 381 g/mol. The van der Waals surface area contributed by atoms with E-state index in [1.807, 2.05) is 18.2 Å². The molecule has 0 atom stereocenters. The van der Waals surface area contributed by atoms with Crippen molar-refractivity contribution in [2.24, 2.45) is 4.99 Å². The SMILES string of the molecule is CN=C(NCc1csc(Br)c1)NCc1ccc2c(c1)OCO2. The van der Waals surface area contributed by atoms with E-state index in [1.165, 1.54) is 5.56 Å². The van der Waals surface area contributed by atoms with Crippen LogP contribution in [0.4, 0.5) is 0 Å². The predicted octanol–water partition coefficient (Wildman–Crippen LogP) is 3.10. The Morgan fingerprint density at radius 1 is 1.18 bits per heavy atom. The molecule has 1 aromatic carbocycles. The zero-order valence-corrected chi connectivity index (χ0v) is 14.5. The zero-order valence-electron chi connectivity index (χ0n) is 12.1. The molecule has 0 bridgehead atoms. The number of aliphatic imine (C=N–C) groups is 1.